The van der Waals surface area contributed by atoms with Gasteiger partial charge in [0.1, 0.15) is 0 Å². The van der Waals surface area contributed by atoms with Gasteiger partial charge in [0.2, 0.25) is 11.7 Å². The van der Waals surface area contributed by atoms with Gasteiger partial charge in [0.25, 0.3) is 5.91 Å². The fourth-order valence-electron chi connectivity index (χ4n) is 2.16. The van der Waals surface area contributed by atoms with E-state index in [9.17, 15) is 9.59 Å². The zero-order chi connectivity index (χ0) is 13.8. The van der Waals surface area contributed by atoms with Gasteiger partial charge in [-0.2, -0.15) is 0 Å². The molecule has 0 spiro atoms. The van der Waals surface area contributed by atoms with Crippen LogP contribution in [0.25, 0.3) is 0 Å². The first-order valence-corrected chi connectivity index (χ1v) is 6.25. The second-order valence-electron chi connectivity index (χ2n) is 4.64. The minimum Gasteiger partial charge on any atom is -0.351 e. The van der Waals surface area contributed by atoms with Gasteiger partial charge in [-0.25, -0.2) is 0 Å². The molecular weight excluding hydrogens is 246 g/mol. The zero-order valence-electron chi connectivity index (χ0n) is 10.9. The number of likely N-dealkylation sites (tertiary alicyclic amines) is 1. The molecule has 0 bridgehead atoms. The van der Waals surface area contributed by atoms with Gasteiger partial charge >= 0.3 is 0 Å². The lowest BCUT2D eigenvalue weighted by Gasteiger charge is -2.32. The van der Waals surface area contributed by atoms with Crippen molar-refractivity contribution in [3.8, 4) is 0 Å². The van der Waals surface area contributed by atoms with Crippen molar-refractivity contribution in [1.82, 2.24) is 15.4 Å². The largest absolute Gasteiger partial charge is 0.351 e. The van der Waals surface area contributed by atoms with Gasteiger partial charge in [0, 0.05) is 25.2 Å². The van der Waals surface area contributed by atoms with Gasteiger partial charge in [-0.1, -0.05) is 11.7 Å². The Hall–Kier alpha value is -2.11. The SMILES string of the molecule is C=CC(=O)N[C@@H]1CCCN(C(=O)c2cc(C)no2)C1. The minimum atomic E-state index is -0.213. The van der Waals surface area contributed by atoms with E-state index in [0.29, 0.717) is 18.8 Å². The first kappa shape index (κ1) is 13.3. The lowest BCUT2D eigenvalue weighted by molar-refractivity contribution is -0.117. The van der Waals surface area contributed by atoms with Crippen LogP contribution in [0.15, 0.2) is 23.2 Å². The Labute approximate surface area is 111 Å². The molecule has 0 aliphatic carbocycles. The van der Waals surface area contributed by atoms with Crippen molar-refractivity contribution in [2.24, 2.45) is 0 Å². The number of rotatable bonds is 3. The van der Waals surface area contributed by atoms with E-state index >= 15 is 0 Å². The van der Waals surface area contributed by atoms with E-state index in [0.717, 1.165) is 12.8 Å². The molecule has 1 fully saturated rings. The molecule has 2 rings (SSSR count). The number of aryl methyl sites for hydroxylation is 1. The van der Waals surface area contributed by atoms with Gasteiger partial charge in [0.15, 0.2) is 0 Å². The number of piperidine rings is 1. The van der Waals surface area contributed by atoms with Crippen LogP contribution in [0.2, 0.25) is 0 Å². The summed E-state index contributed by atoms with van der Waals surface area (Å²) in [5.41, 5.74) is 0.678. The zero-order valence-corrected chi connectivity index (χ0v) is 10.9. The molecule has 2 amide bonds. The summed E-state index contributed by atoms with van der Waals surface area (Å²) in [6, 6.07) is 1.58. The minimum absolute atomic E-state index is 0.0350. The molecule has 0 saturated carbocycles. The first-order valence-electron chi connectivity index (χ1n) is 6.25. The average molecular weight is 263 g/mol. The standard InChI is InChI=1S/C13H17N3O3/c1-3-12(17)14-10-5-4-6-16(8-10)13(18)11-7-9(2)15-19-11/h3,7,10H,1,4-6,8H2,2H3,(H,14,17)/t10-/m1/s1. The Balaban J connectivity index is 1.99. The maximum atomic E-state index is 12.2. The van der Waals surface area contributed by atoms with Crippen molar-refractivity contribution >= 4 is 11.8 Å². The first-order chi connectivity index (χ1) is 9.10. The second kappa shape index (κ2) is 5.69. The van der Waals surface area contributed by atoms with Crippen LogP contribution in [-0.4, -0.2) is 41.0 Å². The smallest absolute Gasteiger partial charge is 0.292 e. The van der Waals surface area contributed by atoms with Crippen LogP contribution >= 0.6 is 0 Å². The van der Waals surface area contributed by atoms with Gasteiger partial charge in [-0.15, -0.1) is 0 Å². The molecule has 1 N–H and O–H groups in total. The Bertz CT molecular complexity index is 495. The summed E-state index contributed by atoms with van der Waals surface area (Å²) in [7, 11) is 0. The third-order valence-corrected chi connectivity index (χ3v) is 3.08. The average Bonchev–Trinajstić information content (AvgIpc) is 2.84. The van der Waals surface area contributed by atoms with Gasteiger partial charge in [-0.05, 0) is 25.8 Å². The van der Waals surface area contributed by atoms with Crippen LogP contribution in [0.3, 0.4) is 0 Å². The quantitative estimate of drug-likeness (QED) is 0.822. The summed E-state index contributed by atoms with van der Waals surface area (Å²) in [6.45, 7) is 6.33. The topological polar surface area (TPSA) is 75.4 Å². The highest BCUT2D eigenvalue weighted by Crippen LogP contribution is 2.14. The van der Waals surface area contributed by atoms with Crippen LogP contribution < -0.4 is 5.32 Å². The molecule has 1 aliphatic heterocycles. The molecule has 0 aromatic carbocycles. The Morgan fingerprint density at radius 2 is 2.42 bits per heavy atom. The molecule has 1 aromatic heterocycles. The molecule has 0 unspecified atom stereocenters. The maximum absolute atomic E-state index is 12.2. The van der Waals surface area contributed by atoms with Crippen molar-refractivity contribution in [2.75, 3.05) is 13.1 Å². The number of amides is 2. The highest BCUT2D eigenvalue weighted by Gasteiger charge is 2.27. The maximum Gasteiger partial charge on any atom is 0.292 e. The molecule has 1 atom stereocenters. The van der Waals surface area contributed by atoms with Crippen LogP contribution in [-0.2, 0) is 4.79 Å². The molecule has 6 heteroatoms. The summed E-state index contributed by atoms with van der Waals surface area (Å²) in [4.78, 5) is 25.1. The van der Waals surface area contributed by atoms with Crippen molar-refractivity contribution in [2.45, 2.75) is 25.8 Å². The number of nitrogens with one attached hydrogen (secondary N) is 1. The van der Waals surface area contributed by atoms with E-state index in [1.165, 1.54) is 6.08 Å². The number of nitrogens with zero attached hydrogens (tertiary/aromatic N) is 2. The fraction of sp³-hybridized carbons (Fsp3) is 0.462. The van der Waals surface area contributed by atoms with E-state index in [-0.39, 0.29) is 23.6 Å². The highest BCUT2D eigenvalue weighted by molar-refractivity contribution is 5.91. The Morgan fingerprint density at radius 3 is 3.05 bits per heavy atom. The number of hydrogen-bond donors (Lipinski definition) is 1. The molecule has 6 nitrogen and oxygen atoms in total. The predicted molar refractivity (Wildman–Crippen MR) is 68.5 cm³/mol. The highest BCUT2D eigenvalue weighted by atomic mass is 16.5. The lowest BCUT2D eigenvalue weighted by Crippen LogP contribution is -2.49. The molecule has 0 radical (unpaired) electrons. The Morgan fingerprint density at radius 1 is 1.63 bits per heavy atom. The molecule has 1 aliphatic rings. The number of aromatic nitrogens is 1. The molecule has 102 valence electrons. The van der Waals surface area contributed by atoms with E-state index < -0.39 is 0 Å². The van der Waals surface area contributed by atoms with Crippen LogP contribution in [0.1, 0.15) is 29.1 Å². The molecule has 2 heterocycles. The fourth-order valence-corrected chi connectivity index (χ4v) is 2.16. The Kier molecular flexibility index (Phi) is 3.99. The van der Waals surface area contributed by atoms with Crippen molar-refractivity contribution in [3.63, 3.8) is 0 Å². The van der Waals surface area contributed by atoms with E-state index in [2.05, 4.69) is 17.1 Å². The lowest BCUT2D eigenvalue weighted by atomic mass is 10.1. The monoisotopic (exact) mass is 263 g/mol. The number of hydrogen-bond acceptors (Lipinski definition) is 4. The van der Waals surface area contributed by atoms with Crippen molar-refractivity contribution in [3.05, 3.63) is 30.2 Å². The van der Waals surface area contributed by atoms with E-state index in [4.69, 9.17) is 4.52 Å². The molecule has 1 aromatic rings. The number of carbonyl (C=O) groups excluding carboxylic acids is 2. The summed E-state index contributed by atoms with van der Waals surface area (Å²) < 4.78 is 4.97. The number of carbonyl (C=O) groups is 2. The summed E-state index contributed by atoms with van der Waals surface area (Å²) in [5, 5.41) is 6.52. The van der Waals surface area contributed by atoms with E-state index in [1.54, 1.807) is 17.9 Å². The summed E-state index contributed by atoms with van der Waals surface area (Å²) in [6.07, 6.45) is 2.94. The van der Waals surface area contributed by atoms with Crippen LogP contribution in [0, 0.1) is 6.92 Å². The summed E-state index contributed by atoms with van der Waals surface area (Å²) >= 11 is 0. The van der Waals surface area contributed by atoms with Gasteiger partial charge in [-0.3, -0.25) is 9.59 Å². The third kappa shape index (κ3) is 3.21. The van der Waals surface area contributed by atoms with Crippen molar-refractivity contribution < 1.29 is 14.1 Å². The van der Waals surface area contributed by atoms with Crippen LogP contribution in [0.5, 0.6) is 0 Å². The molecular formula is C13H17N3O3. The van der Waals surface area contributed by atoms with Crippen LogP contribution in [0.4, 0.5) is 0 Å². The van der Waals surface area contributed by atoms with E-state index in [1.807, 2.05) is 0 Å². The van der Waals surface area contributed by atoms with Crippen molar-refractivity contribution in [1.29, 1.82) is 0 Å². The summed E-state index contributed by atoms with van der Waals surface area (Å²) in [5.74, 6) is -0.152. The molecule has 1 saturated heterocycles. The molecule has 19 heavy (non-hydrogen) atoms. The normalized spacial score (nSPS) is 19.0. The van der Waals surface area contributed by atoms with Gasteiger partial charge < -0.3 is 14.7 Å². The second-order valence-corrected chi connectivity index (χ2v) is 4.64. The van der Waals surface area contributed by atoms with Gasteiger partial charge in [0.05, 0.1) is 5.69 Å². The third-order valence-electron chi connectivity index (χ3n) is 3.08. The predicted octanol–water partition coefficient (Wildman–Crippen LogP) is 0.890.